The predicted octanol–water partition coefficient (Wildman–Crippen LogP) is 4.08. The molecular weight excluding hydrogens is 474 g/mol. The quantitative estimate of drug-likeness (QED) is 0.151. The Kier molecular flexibility index (Phi) is 7.36. The molecule has 0 aliphatic carbocycles. The summed E-state index contributed by atoms with van der Waals surface area (Å²) in [6.07, 6.45) is 3.70. The van der Waals surface area contributed by atoms with Gasteiger partial charge in [-0.05, 0) is 37.1 Å². The number of amides is 2. The standard InChI is InChI=1S/C27H23N5O5/c1-18-23(26(33)30(12-7-13-37-2)27(34)24(18)16-28)15-20-17-31(21-9-4-3-5-10-21)29-25(20)19-8-6-11-22(14-19)32(35)36/h3-6,8-11,14-15,17H,7,12-13H2,1-2H3/b23-15+. The maximum absolute atomic E-state index is 13.4. The van der Waals surface area contributed by atoms with Crippen LogP contribution < -0.4 is 0 Å². The van der Waals surface area contributed by atoms with Crippen molar-refractivity contribution in [2.24, 2.45) is 0 Å². The maximum Gasteiger partial charge on any atom is 0.271 e. The molecule has 2 heterocycles. The number of carbonyl (C=O) groups is 2. The molecule has 2 amide bonds. The van der Waals surface area contributed by atoms with Crippen molar-refractivity contribution in [2.45, 2.75) is 13.3 Å². The van der Waals surface area contributed by atoms with Gasteiger partial charge in [0.1, 0.15) is 17.3 Å². The largest absolute Gasteiger partial charge is 0.385 e. The SMILES string of the molecule is COCCCN1C(=O)C(C#N)=C(C)/C(=C\c2cn(-c3ccccc3)nc2-c2cccc([N+](=O)[O-])c2)C1=O. The summed E-state index contributed by atoms with van der Waals surface area (Å²) in [5.74, 6) is -1.17. The Morgan fingerprint density at radius 3 is 2.57 bits per heavy atom. The minimum atomic E-state index is -0.642. The van der Waals surface area contributed by atoms with E-state index < -0.39 is 16.7 Å². The van der Waals surface area contributed by atoms with Gasteiger partial charge >= 0.3 is 0 Å². The molecule has 0 radical (unpaired) electrons. The van der Waals surface area contributed by atoms with Crippen LogP contribution in [0.2, 0.25) is 0 Å². The molecule has 1 aromatic heterocycles. The van der Waals surface area contributed by atoms with E-state index in [1.54, 1.807) is 36.0 Å². The van der Waals surface area contributed by atoms with Gasteiger partial charge in [0, 0.05) is 55.3 Å². The number of non-ortho nitro benzene ring substituents is 1. The lowest BCUT2D eigenvalue weighted by Gasteiger charge is -2.27. The van der Waals surface area contributed by atoms with Crippen molar-refractivity contribution in [2.75, 3.05) is 20.3 Å². The van der Waals surface area contributed by atoms with E-state index >= 15 is 0 Å². The zero-order valence-corrected chi connectivity index (χ0v) is 20.2. The number of carbonyl (C=O) groups excluding carboxylic acids is 2. The van der Waals surface area contributed by atoms with Gasteiger partial charge in [-0.15, -0.1) is 0 Å². The summed E-state index contributed by atoms with van der Waals surface area (Å²) in [7, 11) is 1.52. The molecule has 0 atom stereocenters. The first-order valence-corrected chi connectivity index (χ1v) is 11.4. The number of nitro groups is 1. The molecule has 0 bridgehead atoms. The summed E-state index contributed by atoms with van der Waals surface area (Å²) in [6, 6.07) is 17.2. The highest BCUT2D eigenvalue weighted by atomic mass is 16.6. The van der Waals surface area contributed by atoms with E-state index in [1.165, 1.54) is 19.2 Å². The molecule has 37 heavy (non-hydrogen) atoms. The van der Waals surface area contributed by atoms with Crippen LogP contribution in [0.5, 0.6) is 0 Å². The Morgan fingerprint density at radius 1 is 1.14 bits per heavy atom. The highest BCUT2D eigenvalue weighted by Gasteiger charge is 2.35. The molecule has 10 nitrogen and oxygen atoms in total. The predicted molar refractivity (Wildman–Crippen MR) is 135 cm³/mol. The van der Waals surface area contributed by atoms with Gasteiger partial charge in [-0.3, -0.25) is 24.6 Å². The summed E-state index contributed by atoms with van der Waals surface area (Å²) in [5.41, 5.74) is 2.35. The Labute approximate surface area is 212 Å². The van der Waals surface area contributed by atoms with Crippen LogP contribution in [0.3, 0.4) is 0 Å². The van der Waals surface area contributed by atoms with Gasteiger partial charge in [-0.2, -0.15) is 10.4 Å². The number of hydrogen-bond acceptors (Lipinski definition) is 7. The van der Waals surface area contributed by atoms with Crippen LogP contribution in [0.15, 0.2) is 77.5 Å². The van der Waals surface area contributed by atoms with E-state index in [2.05, 4.69) is 5.10 Å². The molecule has 3 aromatic rings. The molecule has 0 saturated carbocycles. The molecule has 186 valence electrons. The average molecular weight is 498 g/mol. The summed E-state index contributed by atoms with van der Waals surface area (Å²) in [6.45, 7) is 2.01. The number of rotatable bonds is 8. The van der Waals surface area contributed by atoms with E-state index in [0.717, 1.165) is 10.6 Å². The lowest BCUT2D eigenvalue weighted by molar-refractivity contribution is -0.384. The summed E-state index contributed by atoms with van der Waals surface area (Å²) in [5, 5.41) is 25.7. The second-order valence-corrected chi connectivity index (χ2v) is 8.30. The number of methoxy groups -OCH3 is 1. The Balaban J connectivity index is 1.89. The van der Waals surface area contributed by atoms with Crippen molar-refractivity contribution < 1.29 is 19.2 Å². The number of hydrogen-bond donors (Lipinski definition) is 0. The monoisotopic (exact) mass is 497 g/mol. The van der Waals surface area contributed by atoms with Gasteiger partial charge in [-0.1, -0.05) is 30.3 Å². The van der Waals surface area contributed by atoms with Crippen molar-refractivity contribution in [3.05, 3.63) is 93.2 Å². The molecular formula is C27H23N5O5. The molecule has 1 aliphatic heterocycles. The van der Waals surface area contributed by atoms with Crippen LogP contribution in [0.4, 0.5) is 5.69 Å². The first kappa shape index (κ1) is 25.2. The number of nitrogens with zero attached hydrogens (tertiary/aromatic N) is 5. The number of nitriles is 1. The molecule has 2 aromatic carbocycles. The van der Waals surface area contributed by atoms with Gasteiger partial charge < -0.3 is 4.74 Å². The van der Waals surface area contributed by atoms with Gasteiger partial charge in [0.2, 0.25) is 0 Å². The Bertz CT molecular complexity index is 1480. The first-order valence-electron chi connectivity index (χ1n) is 11.4. The number of nitro benzene ring substituents is 1. The highest BCUT2D eigenvalue weighted by molar-refractivity contribution is 6.19. The van der Waals surface area contributed by atoms with E-state index in [0.29, 0.717) is 29.8 Å². The molecule has 4 rings (SSSR count). The third kappa shape index (κ3) is 5.07. The fourth-order valence-electron chi connectivity index (χ4n) is 4.05. The van der Waals surface area contributed by atoms with E-state index in [4.69, 9.17) is 4.74 Å². The molecule has 0 fully saturated rings. The van der Waals surface area contributed by atoms with Crippen LogP contribution in [0.1, 0.15) is 18.9 Å². The molecule has 0 unspecified atom stereocenters. The maximum atomic E-state index is 13.4. The Hall–Kier alpha value is -4.88. The van der Waals surface area contributed by atoms with Gasteiger partial charge in [0.15, 0.2) is 0 Å². The van der Waals surface area contributed by atoms with Crippen molar-refractivity contribution in [3.63, 3.8) is 0 Å². The first-order chi connectivity index (χ1) is 17.8. The summed E-state index contributed by atoms with van der Waals surface area (Å²) < 4.78 is 6.65. The molecule has 1 aliphatic rings. The summed E-state index contributed by atoms with van der Waals surface area (Å²) >= 11 is 0. The highest BCUT2D eigenvalue weighted by Crippen LogP contribution is 2.32. The lowest BCUT2D eigenvalue weighted by atomic mass is 9.93. The van der Waals surface area contributed by atoms with Crippen molar-refractivity contribution in [3.8, 4) is 23.0 Å². The van der Waals surface area contributed by atoms with Crippen LogP contribution in [0.25, 0.3) is 23.0 Å². The topological polar surface area (TPSA) is 131 Å². The van der Waals surface area contributed by atoms with Crippen molar-refractivity contribution in [1.29, 1.82) is 5.26 Å². The minimum Gasteiger partial charge on any atom is -0.385 e. The van der Waals surface area contributed by atoms with E-state index in [1.807, 2.05) is 36.4 Å². The van der Waals surface area contributed by atoms with Crippen LogP contribution in [-0.2, 0) is 14.3 Å². The number of para-hydroxylation sites is 1. The molecule has 10 heteroatoms. The van der Waals surface area contributed by atoms with Crippen molar-refractivity contribution in [1.82, 2.24) is 14.7 Å². The third-order valence-electron chi connectivity index (χ3n) is 5.95. The van der Waals surface area contributed by atoms with E-state index in [9.17, 15) is 25.0 Å². The van der Waals surface area contributed by atoms with Crippen molar-refractivity contribution >= 4 is 23.6 Å². The molecule has 0 spiro atoms. The lowest BCUT2D eigenvalue weighted by Crippen LogP contribution is -2.43. The van der Waals surface area contributed by atoms with Gasteiger partial charge in [-0.25, -0.2) is 4.68 Å². The number of imide groups is 1. The number of aromatic nitrogens is 2. The molecule has 0 saturated heterocycles. The molecule has 0 N–H and O–H groups in total. The zero-order chi connectivity index (χ0) is 26.5. The van der Waals surface area contributed by atoms with Crippen LogP contribution >= 0.6 is 0 Å². The zero-order valence-electron chi connectivity index (χ0n) is 20.2. The second-order valence-electron chi connectivity index (χ2n) is 8.30. The minimum absolute atomic E-state index is 0.0995. The van der Waals surface area contributed by atoms with E-state index in [-0.39, 0.29) is 29.0 Å². The second kappa shape index (κ2) is 10.8. The third-order valence-corrected chi connectivity index (χ3v) is 5.95. The van der Waals surface area contributed by atoms with Crippen LogP contribution in [-0.4, -0.2) is 51.7 Å². The summed E-state index contributed by atoms with van der Waals surface area (Å²) in [4.78, 5) is 38.2. The normalized spacial score (nSPS) is 14.8. The Morgan fingerprint density at radius 2 is 1.89 bits per heavy atom. The number of benzene rings is 2. The van der Waals surface area contributed by atoms with Crippen LogP contribution in [0, 0.1) is 21.4 Å². The average Bonchev–Trinajstić information content (AvgIpc) is 3.33. The fourth-order valence-corrected chi connectivity index (χ4v) is 4.05. The fraction of sp³-hybridized carbons (Fsp3) is 0.185. The van der Waals surface area contributed by atoms with Gasteiger partial charge in [0.05, 0.1) is 10.6 Å². The number of ether oxygens (including phenoxy) is 1. The van der Waals surface area contributed by atoms with Gasteiger partial charge in [0.25, 0.3) is 17.5 Å². The smallest absolute Gasteiger partial charge is 0.271 e.